The minimum Gasteiger partial charge on any atom is -0.463 e. The van der Waals surface area contributed by atoms with Crippen LogP contribution in [0.1, 0.15) is 12.5 Å². The van der Waals surface area contributed by atoms with Gasteiger partial charge in [0.15, 0.2) is 0 Å². The molecule has 0 aliphatic carbocycles. The number of carbonyl (C=O) groups excluding carboxylic acids is 2. The van der Waals surface area contributed by atoms with Gasteiger partial charge in [-0.15, -0.1) is 0 Å². The van der Waals surface area contributed by atoms with Crippen LogP contribution >= 0.6 is 0 Å². The van der Waals surface area contributed by atoms with Gasteiger partial charge in [0.1, 0.15) is 0 Å². The number of alkyl halides is 6. The molecule has 0 heterocycles. The van der Waals surface area contributed by atoms with E-state index in [1.165, 1.54) is 12.2 Å². The van der Waals surface area contributed by atoms with Crippen molar-refractivity contribution in [3.05, 3.63) is 29.8 Å². The molecule has 1 unspecified atom stereocenters. The number of benzene rings is 1. The number of halogens is 6. The summed E-state index contributed by atoms with van der Waals surface area (Å²) in [6, 6.07) is 3.18. The number of nitrogens with one attached hydrogen (secondary N) is 1. The Labute approximate surface area is 131 Å². The summed E-state index contributed by atoms with van der Waals surface area (Å²) < 4.78 is 80.7. The van der Waals surface area contributed by atoms with Crippen LogP contribution in [0, 0.1) is 0 Å². The molecular weight excluding hydrogens is 348 g/mol. The number of carbonyl (C=O) groups is 2. The molecular formula is C13H11F6NO4. The van der Waals surface area contributed by atoms with Gasteiger partial charge in [0.2, 0.25) is 0 Å². The molecule has 5 nitrogen and oxygen atoms in total. The molecule has 1 aromatic rings. The second kappa shape index (κ2) is 6.67. The van der Waals surface area contributed by atoms with Crippen molar-refractivity contribution < 1.29 is 45.8 Å². The molecule has 0 aromatic heterocycles. The van der Waals surface area contributed by atoms with E-state index in [0.29, 0.717) is 12.1 Å². The van der Waals surface area contributed by atoms with Crippen LogP contribution < -0.4 is 5.32 Å². The maximum absolute atomic E-state index is 13.2. The van der Waals surface area contributed by atoms with Crippen LogP contribution in [0.25, 0.3) is 0 Å². The van der Waals surface area contributed by atoms with Gasteiger partial charge in [0, 0.05) is 11.3 Å². The number of ether oxygens (including phenoxy) is 1. The summed E-state index contributed by atoms with van der Waals surface area (Å²) in [4.78, 5) is 22.6. The Balaban J connectivity index is 3.46. The van der Waals surface area contributed by atoms with Gasteiger partial charge in [-0.2, -0.15) is 26.3 Å². The van der Waals surface area contributed by atoms with Crippen molar-refractivity contribution in [3.8, 4) is 0 Å². The number of para-hydroxylation sites is 1. The molecule has 0 saturated carbocycles. The lowest BCUT2D eigenvalue weighted by Gasteiger charge is -2.30. The van der Waals surface area contributed by atoms with Gasteiger partial charge in [0.25, 0.3) is 5.60 Å². The molecule has 1 atom stereocenters. The molecule has 0 radical (unpaired) electrons. The molecule has 1 aromatic carbocycles. The Bertz CT molecular complexity index is 628. The van der Waals surface area contributed by atoms with Gasteiger partial charge >= 0.3 is 24.2 Å². The van der Waals surface area contributed by atoms with Gasteiger partial charge in [-0.1, -0.05) is 18.2 Å². The number of hydrogen-bond donors (Lipinski definition) is 2. The number of esters is 1. The third-order valence-corrected chi connectivity index (χ3v) is 2.80. The zero-order chi connectivity index (χ0) is 18.8. The van der Waals surface area contributed by atoms with E-state index >= 15 is 0 Å². The van der Waals surface area contributed by atoms with E-state index in [-0.39, 0.29) is 0 Å². The van der Waals surface area contributed by atoms with Crippen LogP contribution in [0.15, 0.2) is 24.3 Å². The third-order valence-electron chi connectivity index (χ3n) is 2.80. The highest BCUT2D eigenvalue weighted by Gasteiger charge is 2.63. The van der Waals surface area contributed by atoms with E-state index in [1.54, 1.807) is 0 Å². The third kappa shape index (κ3) is 3.78. The molecule has 134 valence electrons. The molecule has 0 spiro atoms. The number of rotatable bonds is 4. The largest absolute Gasteiger partial charge is 0.471 e. The lowest BCUT2D eigenvalue weighted by atomic mass is 9.91. The highest BCUT2D eigenvalue weighted by molar-refractivity contribution is 5.97. The van der Waals surface area contributed by atoms with Crippen molar-refractivity contribution in [1.29, 1.82) is 0 Å². The van der Waals surface area contributed by atoms with Crippen molar-refractivity contribution in [2.24, 2.45) is 0 Å². The Kier molecular flexibility index (Phi) is 5.49. The number of aliphatic hydroxyl groups is 1. The average molecular weight is 359 g/mol. The van der Waals surface area contributed by atoms with E-state index < -0.39 is 47.7 Å². The molecule has 0 saturated heterocycles. The summed E-state index contributed by atoms with van der Waals surface area (Å²) >= 11 is 0. The minimum atomic E-state index is -5.61. The maximum Gasteiger partial charge on any atom is 0.471 e. The van der Waals surface area contributed by atoms with Crippen LogP contribution in [0.4, 0.5) is 32.0 Å². The van der Waals surface area contributed by atoms with Crippen molar-refractivity contribution in [3.63, 3.8) is 0 Å². The second-order valence-corrected chi connectivity index (χ2v) is 4.43. The summed E-state index contributed by atoms with van der Waals surface area (Å²) in [6.07, 6.45) is -11.0. The fraction of sp³-hybridized carbons (Fsp3) is 0.385. The van der Waals surface area contributed by atoms with Crippen LogP contribution in [-0.4, -0.2) is 35.9 Å². The zero-order valence-corrected chi connectivity index (χ0v) is 12.0. The molecule has 24 heavy (non-hydrogen) atoms. The van der Waals surface area contributed by atoms with E-state index in [9.17, 15) is 41.0 Å². The summed E-state index contributed by atoms with van der Waals surface area (Å²) in [7, 11) is 0. The van der Waals surface area contributed by atoms with E-state index in [1.807, 2.05) is 0 Å². The standard InChI is InChI=1S/C13H11F6NO4/c1-2-24-10(22)11(23,13(17,18)19)7-5-3-4-6-8(7)20-9(21)12(14,15)16/h3-6,23H,2H2,1H3,(H,20,21). The van der Waals surface area contributed by atoms with Gasteiger partial charge in [-0.3, -0.25) is 4.79 Å². The Hall–Kier alpha value is -2.30. The fourth-order valence-corrected chi connectivity index (χ4v) is 1.71. The molecule has 2 N–H and O–H groups in total. The lowest BCUT2D eigenvalue weighted by molar-refractivity contribution is -0.267. The minimum absolute atomic E-state index is 0.520. The lowest BCUT2D eigenvalue weighted by Crippen LogP contribution is -2.50. The molecule has 11 heteroatoms. The fourth-order valence-electron chi connectivity index (χ4n) is 1.71. The van der Waals surface area contributed by atoms with Crippen LogP contribution in [0.5, 0.6) is 0 Å². The van der Waals surface area contributed by atoms with Crippen molar-refractivity contribution in [1.82, 2.24) is 0 Å². The SMILES string of the molecule is CCOC(=O)C(O)(c1ccccc1NC(=O)C(F)(F)F)C(F)(F)F. The van der Waals surface area contributed by atoms with Crippen molar-refractivity contribution >= 4 is 17.6 Å². The first-order valence-electron chi connectivity index (χ1n) is 6.29. The van der Waals surface area contributed by atoms with Crippen LogP contribution in [0.2, 0.25) is 0 Å². The molecule has 1 amide bonds. The summed E-state index contributed by atoms with van der Waals surface area (Å²) in [6.45, 7) is 0.653. The Morgan fingerprint density at radius 2 is 1.67 bits per heavy atom. The van der Waals surface area contributed by atoms with Gasteiger partial charge in [-0.25, -0.2) is 4.79 Å². The quantitative estimate of drug-likeness (QED) is 0.640. The van der Waals surface area contributed by atoms with Crippen LogP contribution in [-0.2, 0) is 19.9 Å². The molecule has 0 aliphatic heterocycles. The highest BCUT2D eigenvalue weighted by atomic mass is 19.4. The smallest absolute Gasteiger partial charge is 0.463 e. The predicted octanol–water partition coefficient (Wildman–Crippen LogP) is 2.50. The summed E-state index contributed by atoms with van der Waals surface area (Å²) in [5.74, 6) is -4.70. The number of hydrogen-bond acceptors (Lipinski definition) is 4. The van der Waals surface area contributed by atoms with Gasteiger partial charge in [-0.05, 0) is 13.0 Å². The monoisotopic (exact) mass is 359 g/mol. The molecule has 0 bridgehead atoms. The molecule has 0 fully saturated rings. The molecule has 1 rings (SSSR count). The van der Waals surface area contributed by atoms with Gasteiger partial charge in [0.05, 0.1) is 6.61 Å². The summed E-state index contributed by atoms with van der Waals surface area (Å²) in [5, 5.41) is 11.1. The van der Waals surface area contributed by atoms with Crippen LogP contribution in [0.3, 0.4) is 0 Å². The first kappa shape index (κ1) is 19.7. The number of amides is 1. The molecule has 0 aliphatic rings. The summed E-state index contributed by atoms with van der Waals surface area (Å²) in [5.41, 5.74) is -6.58. The van der Waals surface area contributed by atoms with E-state index in [4.69, 9.17) is 0 Å². The van der Waals surface area contributed by atoms with E-state index in [2.05, 4.69) is 4.74 Å². The second-order valence-electron chi connectivity index (χ2n) is 4.43. The van der Waals surface area contributed by atoms with E-state index in [0.717, 1.165) is 12.1 Å². The zero-order valence-electron chi connectivity index (χ0n) is 12.0. The highest BCUT2D eigenvalue weighted by Crippen LogP contribution is 2.43. The Morgan fingerprint density at radius 3 is 2.12 bits per heavy atom. The predicted molar refractivity (Wildman–Crippen MR) is 67.7 cm³/mol. The first-order chi connectivity index (χ1) is 10.9. The number of anilines is 1. The first-order valence-corrected chi connectivity index (χ1v) is 6.29. The topological polar surface area (TPSA) is 75.6 Å². The Morgan fingerprint density at radius 1 is 1.12 bits per heavy atom. The van der Waals surface area contributed by atoms with Gasteiger partial charge < -0.3 is 15.2 Å². The maximum atomic E-state index is 13.2. The normalized spacial score (nSPS) is 14.7. The van der Waals surface area contributed by atoms with Crippen molar-refractivity contribution in [2.75, 3.05) is 11.9 Å². The van der Waals surface area contributed by atoms with Crippen molar-refractivity contribution in [2.45, 2.75) is 24.9 Å². The average Bonchev–Trinajstić information content (AvgIpc) is 2.45.